The van der Waals surface area contributed by atoms with Crippen LogP contribution in [0.4, 0.5) is 0 Å². The van der Waals surface area contributed by atoms with Crippen molar-refractivity contribution in [1.82, 2.24) is 14.9 Å². The summed E-state index contributed by atoms with van der Waals surface area (Å²) in [5.74, 6) is 0.968. The molecule has 0 atom stereocenters. The highest BCUT2D eigenvalue weighted by Gasteiger charge is 2.12. The van der Waals surface area contributed by atoms with Gasteiger partial charge in [0.2, 0.25) is 5.91 Å². The Morgan fingerprint density at radius 3 is 2.67 bits per heavy atom. The Morgan fingerprint density at radius 1 is 1.12 bits per heavy atom. The Kier molecular flexibility index (Phi) is 4.94. The maximum Gasteiger partial charge on any atom is 0.220 e. The molecule has 0 saturated heterocycles. The molecule has 24 heavy (non-hydrogen) atoms. The molecule has 0 aliphatic heterocycles. The second kappa shape index (κ2) is 7.30. The second-order valence-electron chi connectivity index (χ2n) is 6.06. The summed E-state index contributed by atoms with van der Waals surface area (Å²) in [5.41, 5.74) is 4.59. The van der Waals surface area contributed by atoms with Gasteiger partial charge in [-0.25, -0.2) is 4.98 Å². The van der Waals surface area contributed by atoms with Crippen molar-refractivity contribution in [1.29, 1.82) is 0 Å². The molecule has 0 aliphatic rings. The van der Waals surface area contributed by atoms with Crippen molar-refractivity contribution in [2.45, 2.75) is 39.8 Å². The van der Waals surface area contributed by atoms with Gasteiger partial charge >= 0.3 is 0 Å². The minimum Gasteiger partial charge on any atom is -0.349 e. The molecule has 0 unspecified atom stereocenters. The first-order chi connectivity index (χ1) is 11.7. The van der Waals surface area contributed by atoms with Crippen molar-refractivity contribution >= 4 is 16.9 Å². The number of imidazole rings is 1. The molecule has 0 radical (unpaired) electrons. The number of amides is 1. The number of nitrogens with zero attached hydrogens (tertiary/aromatic N) is 2. The number of nitrogens with one attached hydrogen (secondary N) is 1. The number of aromatic nitrogens is 2. The summed E-state index contributed by atoms with van der Waals surface area (Å²) >= 11 is 0. The third-order valence-electron chi connectivity index (χ3n) is 4.24. The van der Waals surface area contributed by atoms with Crippen molar-refractivity contribution in [3.05, 3.63) is 65.5 Å². The van der Waals surface area contributed by atoms with Crippen molar-refractivity contribution < 1.29 is 4.79 Å². The smallest absolute Gasteiger partial charge is 0.220 e. The molecule has 1 heterocycles. The zero-order chi connectivity index (χ0) is 16.9. The van der Waals surface area contributed by atoms with E-state index >= 15 is 0 Å². The number of carbonyl (C=O) groups excluding carboxylic acids is 1. The minimum absolute atomic E-state index is 0.0759. The van der Waals surface area contributed by atoms with E-state index in [-0.39, 0.29) is 5.91 Å². The van der Waals surface area contributed by atoms with E-state index in [4.69, 9.17) is 4.98 Å². The predicted octanol–water partition coefficient (Wildman–Crippen LogP) is 3.81. The van der Waals surface area contributed by atoms with Crippen LogP contribution in [-0.4, -0.2) is 15.5 Å². The number of benzene rings is 2. The highest BCUT2D eigenvalue weighted by Crippen LogP contribution is 2.19. The molecule has 0 bridgehead atoms. The number of aryl methyl sites for hydroxylation is 1. The van der Waals surface area contributed by atoms with Crippen LogP contribution >= 0.6 is 0 Å². The Balaban J connectivity index is 1.93. The Bertz CT molecular complexity index is 851. The summed E-state index contributed by atoms with van der Waals surface area (Å²) in [6, 6.07) is 16.5. The van der Waals surface area contributed by atoms with Crippen molar-refractivity contribution in [2.24, 2.45) is 0 Å². The predicted molar refractivity (Wildman–Crippen MR) is 96.8 cm³/mol. The summed E-state index contributed by atoms with van der Waals surface area (Å²) < 4.78 is 2.20. The van der Waals surface area contributed by atoms with Crippen LogP contribution in [0.25, 0.3) is 11.0 Å². The number of hydrogen-bond acceptors (Lipinski definition) is 2. The zero-order valence-corrected chi connectivity index (χ0v) is 14.2. The molecule has 3 aromatic rings. The van der Waals surface area contributed by atoms with Gasteiger partial charge < -0.3 is 9.88 Å². The topological polar surface area (TPSA) is 46.9 Å². The summed E-state index contributed by atoms with van der Waals surface area (Å²) in [4.78, 5) is 16.5. The lowest BCUT2D eigenvalue weighted by molar-refractivity contribution is -0.121. The quantitative estimate of drug-likeness (QED) is 0.750. The highest BCUT2D eigenvalue weighted by atomic mass is 16.1. The van der Waals surface area contributed by atoms with E-state index in [0.717, 1.165) is 29.8 Å². The molecule has 0 spiro atoms. The fourth-order valence-electron chi connectivity index (χ4n) is 2.89. The lowest BCUT2D eigenvalue weighted by Gasteiger charge is -2.12. The standard InChI is InChI=1S/C20H23N3O/c1-3-8-20(24)21-13-19-22-17-11-6-7-12-18(17)23(19)14-16-10-5-4-9-15(16)2/h4-7,9-12H,3,8,13-14H2,1-2H3,(H,21,24). The maximum absolute atomic E-state index is 11.8. The first-order valence-corrected chi connectivity index (χ1v) is 8.44. The molecule has 1 amide bonds. The highest BCUT2D eigenvalue weighted by molar-refractivity contribution is 5.77. The first kappa shape index (κ1) is 16.2. The molecule has 2 aromatic carbocycles. The molecule has 4 nitrogen and oxygen atoms in total. The van der Waals surface area contributed by atoms with Crippen LogP contribution in [0.2, 0.25) is 0 Å². The van der Waals surface area contributed by atoms with Gasteiger partial charge in [-0.1, -0.05) is 43.3 Å². The van der Waals surface area contributed by atoms with Gasteiger partial charge in [0.1, 0.15) is 5.82 Å². The molecule has 0 saturated carbocycles. The van der Waals surface area contributed by atoms with Crippen LogP contribution in [-0.2, 0) is 17.9 Å². The van der Waals surface area contributed by atoms with E-state index in [9.17, 15) is 4.79 Å². The fourth-order valence-corrected chi connectivity index (χ4v) is 2.89. The SMILES string of the molecule is CCCC(=O)NCc1nc2ccccc2n1Cc1ccccc1C. The molecule has 124 valence electrons. The third-order valence-corrected chi connectivity index (χ3v) is 4.24. The first-order valence-electron chi connectivity index (χ1n) is 8.44. The van der Waals surface area contributed by atoms with Crippen LogP contribution in [0.15, 0.2) is 48.5 Å². The number of carbonyl (C=O) groups is 1. The average Bonchev–Trinajstić information content (AvgIpc) is 2.93. The second-order valence-corrected chi connectivity index (χ2v) is 6.06. The molecule has 0 fully saturated rings. The molecule has 1 aromatic heterocycles. The Labute approximate surface area is 142 Å². The van der Waals surface area contributed by atoms with Crippen molar-refractivity contribution in [3.63, 3.8) is 0 Å². The Morgan fingerprint density at radius 2 is 1.88 bits per heavy atom. The molecule has 0 aliphatic carbocycles. The van der Waals surface area contributed by atoms with Gasteiger partial charge in [-0.05, 0) is 36.6 Å². The fraction of sp³-hybridized carbons (Fsp3) is 0.300. The van der Waals surface area contributed by atoms with E-state index in [1.165, 1.54) is 11.1 Å². The summed E-state index contributed by atoms with van der Waals surface area (Å²) in [6.07, 6.45) is 1.41. The number of hydrogen-bond donors (Lipinski definition) is 1. The van der Waals surface area contributed by atoms with Gasteiger partial charge in [-0.3, -0.25) is 4.79 Å². The van der Waals surface area contributed by atoms with Gasteiger partial charge in [0.25, 0.3) is 0 Å². The number of fused-ring (bicyclic) bond motifs is 1. The van der Waals surface area contributed by atoms with E-state index in [1.807, 2.05) is 25.1 Å². The van der Waals surface area contributed by atoms with Gasteiger partial charge in [-0.2, -0.15) is 0 Å². The van der Waals surface area contributed by atoms with E-state index in [0.29, 0.717) is 13.0 Å². The van der Waals surface area contributed by atoms with Crippen molar-refractivity contribution in [2.75, 3.05) is 0 Å². The van der Waals surface area contributed by atoms with Gasteiger partial charge in [0, 0.05) is 13.0 Å². The maximum atomic E-state index is 11.8. The van der Waals surface area contributed by atoms with Crippen LogP contribution in [0, 0.1) is 6.92 Å². The van der Waals surface area contributed by atoms with Crippen LogP contribution in [0.3, 0.4) is 0 Å². The molecule has 4 heteroatoms. The molecule has 1 N–H and O–H groups in total. The average molecular weight is 321 g/mol. The third kappa shape index (κ3) is 3.48. The van der Waals surface area contributed by atoms with Crippen LogP contribution in [0.1, 0.15) is 36.7 Å². The molecular weight excluding hydrogens is 298 g/mol. The van der Waals surface area contributed by atoms with Crippen molar-refractivity contribution in [3.8, 4) is 0 Å². The number of para-hydroxylation sites is 2. The summed E-state index contributed by atoms with van der Waals surface area (Å²) in [7, 11) is 0. The lowest BCUT2D eigenvalue weighted by atomic mass is 10.1. The van der Waals surface area contributed by atoms with E-state index < -0.39 is 0 Å². The molecular formula is C20H23N3O. The normalized spacial score (nSPS) is 10.9. The largest absolute Gasteiger partial charge is 0.349 e. The zero-order valence-electron chi connectivity index (χ0n) is 14.2. The van der Waals surface area contributed by atoms with Crippen LogP contribution in [0.5, 0.6) is 0 Å². The van der Waals surface area contributed by atoms with Crippen LogP contribution < -0.4 is 5.32 Å². The van der Waals surface area contributed by atoms with Gasteiger partial charge in [-0.15, -0.1) is 0 Å². The summed E-state index contributed by atoms with van der Waals surface area (Å²) in [5, 5.41) is 2.98. The minimum atomic E-state index is 0.0759. The molecule has 3 rings (SSSR count). The van der Waals surface area contributed by atoms with E-state index in [1.54, 1.807) is 0 Å². The summed E-state index contributed by atoms with van der Waals surface area (Å²) in [6.45, 7) is 5.34. The number of rotatable bonds is 6. The van der Waals surface area contributed by atoms with E-state index in [2.05, 4.69) is 47.1 Å². The monoisotopic (exact) mass is 321 g/mol. The lowest BCUT2D eigenvalue weighted by Crippen LogP contribution is -2.24. The Hall–Kier alpha value is -2.62. The van der Waals surface area contributed by atoms with Gasteiger partial charge in [0.05, 0.1) is 17.6 Å². The van der Waals surface area contributed by atoms with Gasteiger partial charge in [0.15, 0.2) is 0 Å².